The Labute approximate surface area is 133 Å². The molecule has 1 aliphatic rings. The van der Waals surface area contributed by atoms with Gasteiger partial charge in [0.25, 0.3) is 0 Å². The van der Waals surface area contributed by atoms with E-state index in [1.165, 1.54) is 18.9 Å². The fourth-order valence-electron chi connectivity index (χ4n) is 2.83. The highest BCUT2D eigenvalue weighted by molar-refractivity contribution is 6.34. The van der Waals surface area contributed by atoms with Gasteiger partial charge >= 0.3 is 0 Å². The zero-order chi connectivity index (χ0) is 15.0. The van der Waals surface area contributed by atoms with Crippen LogP contribution in [0.4, 0.5) is 4.39 Å². The van der Waals surface area contributed by atoms with Crippen LogP contribution in [0.1, 0.15) is 42.7 Å². The van der Waals surface area contributed by atoms with E-state index in [4.69, 9.17) is 23.2 Å². The highest BCUT2D eigenvalue weighted by atomic mass is 35.5. The molecule has 1 fully saturated rings. The van der Waals surface area contributed by atoms with Crippen LogP contribution in [-0.2, 0) is 0 Å². The summed E-state index contributed by atoms with van der Waals surface area (Å²) in [5.74, 6) is 0.419. The molecule has 1 aromatic heterocycles. The van der Waals surface area contributed by atoms with Crippen LogP contribution in [0.3, 0.4) is 0 Å². The molecule has 3 rings (SSSR count). The van der Waals surface area contributed by atoms with Gasteiger partial charge in [-0.1, -0.05) is 48.2 Å². The molecule has 0 atom stereocenters. The van der Waals surface area contributed by atoms with E-state index in [2.05, 4.69) is 9.97 Å². The topological polar surface area (TPSA) is 25.8 Å². The van der Waals surface area contributed by atoms with Crippen LogP contribution in [0.2, 0.25) is 10.3 Å². The molecule has 110 valence electrons. The normalized spacial score (nSPS) is 15.6. The molecule has 0 spiro atoms. The van der Waals surface area contributed by atoms with E-state index < -0.39 is 0 Å². The zero-order valence-corrected chi connectivity index (χ0v) is 13.2. The van der Waals surface area contributed by atoms with Crippen molar-refractivity contribution < 1.29 is 4.39 Å². The van der Waals surface area contributed by atoms with Crippen molar-refractivity contribution in [2.45, 2.75) is 38.5 Å². The summed E-state index contributed by atoms with van der Waals surface area (Å²) in [6, 6.07) is 4.88. The summed E-state index contributed by atoms with van der Waals surface area (Å²) < 4.78 is 13.7. The van der Waals surface area contributed by atoms with E-state index in [1.807, 2.05) is 0 Å². The van der Waals surface area contributed by atoms with Crippen molar-refractivity contribution in [1.29, 1.82) is 0 Å². The van der Waals surface area contributed by atoms with Gasteiger partial charge < -0.3 is 0 Å². The average Bonchev–Trinajstić information content (AvgIpc) is 2.95. The highest BCUT2D eigenvalue weighted by Gasteiger charge is 2.24. The number of aromatic nitrogens is 2. The minimum absolute atomic E-state index is 0.289. The molecule has 0 amide bonds. The zero-order valence-electron chi connectivity index (χ0n) is 11.7. The molecule has 0 unspecified atom stereocenters. The fraction of sp³-hybridized carbons (Fsp3) is 0.375. The van der Waals surface area contributed by atoms with Crippen LogP contribution in [0.15, 0.2) is 18.2 Å². The summed E-state index contributed by atoms with van der Waals surface area (Å²) in [7, 11) is 0. The maximum atomic E-state index is 13.7. The van der Waals surface area contributed by atoms with Crippen LogP contribution in [-0.4, -0.2) is 9.97 Å². The molecule has 1 saturated carbocycles. The first-order chi connectivity index (χ1) is 10.1. The lowest BCUT2D eigenvalue weighted by Gasteiger charge is -2.14. The second-order valence-corrected chi connectivity index (χ2v) is 6.20. The molecule has 2 aromatic rings. The van der Waals surface area contributed by atoms with Crippen molar-refractivity contribution in [3.8, 4) is 11.4 Å². The smallest absolute Gasteiger partial charge is 0.162 e. The monoisotopic (exact) mass is 324 g/mol. The first-order valence-electron chi connectivity index (χ1n) is 7.05. The minimum atomic E-state index is -0.289. The van der Waals surface area contributed by atoms with Crippen molar-refractivity contribution in [3.05, 3.63) is 45.4 Å². The quantitative estimate of drug-likeness (QED) is 0.676. The standard InChI is InChI=1S/C16H15Cl2FN2/c1-9-6-7-11(8-12(9)19)16-20-14(17)13(15(18)21-16)10-4-2-3-5-10/h6-8,10H,2-5H2,1H3. The molecule has 5 heteroatoms. The van der Waals surface area contributed by atoms with Gasteiger partial charge in [0.2, 0.25) is 0 Å². The summed E-state index contributed by atoms with van der Waals surface area (Å²) in [4.78, 5) is 8.65. The predicted octanol–water partition coefficient (Wildman–Crippen LogP) is 5.56. The molecule has 0 bridgehead atoms. The van der Waals surface area contributed by atoms with Gasteiger partial charge in [0.05, 0.1) is 0 Å². The number of hydrogen-bond donors (Lipinski definition) is 0. The molecule has 21 heavy (non-hydrogen) atoms. The predicted molar refractivity (Wildman–Crippen MR) is 83.4 cm³/mol. The maximum absolute atomic E-state index is 13.7. The summed E-state index contributed by atoms with van der Waals surface area (Å²) in [5, 5.41) is 0.774. The van der Waals surface area contributed by atoms with E-state index in [0.717, 1.165) is 18.4 Å². The summed E-state index contributed by atoms with van der Waals surface area (Å²) in [6.45, 7) is 1.71. The molecule has 1 aliphatic carbocycles. The van der Waals surface area contributed by atoms with Crippen LogP contribution in [0, 0.1) is 12.7 Å². The third kappa shape index (κ3) is 2.90. The van der Waals surface area contributed by atoms with Gasteiger partial charge in [-0.25, -0.2) is 14.4 Å². The molecule has 0 N–H and O–H groups in total. The molecule has 2 nitrogen and oxygen atoms in total. The lowest BCUT2D eigenvalue weighted by molar-refractivity contribution is 0.619. The Hall–Kier alpha value is -1.19. The maximum Gasteiger partial charge on any atom is 0.162 e. The largest absolute Gasteiger partial charge is 0.216 e. The third-order valence-corrected chi connectivity index (χ3v) is 4.62. The van der Waals surface area contributed by atoms with Gasteiger partial charge in [0, 0.05) is 11.1 Å². The first kappa shape index (κ1) is 14.7. The number of hydrogen-bond acceptors (Lipinski definition) is 2. The number of nitrogens with zero attached hydrogens (tertiary/aromatic N) is 2. The Morgan fingerprint density at radius 3 is 2.29 bits per heavy atom. The Morgan fingerprint density at radius 2 is 1.71 bits per heavy atom. The molecule has 0 aliphatic heterocycles. The van der Waals surface area contributed by atoms with Crippen molar-refractivity contribution in [2.24, 2.45) is 0 Å². The second kappa shape index (κ2) is 5.90. The SMILES string of the molecule is Cc1ccc(-c2nc(Cl)c(C3CCCC3)c(Cl)n2)cc1F. The van der Waals surface area contributed by atoms with E-state index in [0.29, 0.717) is 33.2 Å². The number of aryl methyl sites for hydroxylation is 1. The van der Waals surface area contributed by atoms with Crippen molar-refractivity contribution in [3.63, 3.8) is 0 Å². The molecule has 0 radical (unpaired) electrons. The lowest BCUT2D eigenvalue weighted by Crippen LogP contribution is -2.02. The Bertz CT molecular complexity index is 659. The number of halogens is 3. The van der Waals surface area contributed by atoms with Gasteiger partial charge in [-0.2, -0.15) is 0 Å². The minimum Gasteiger partial charge on any atom is -0.216 e. The van der Waals surface area contributed by atoms with Crippen molar-refractivity contribution >= 4 is 23.2 Å². The van der Waals surface area contributed by atoms with E-state index >= 15 is 0 Å². The van der Waals surface area contributed by atoms with Crippen molar-refractivity contribution in [1.82, 2.24) is 9.97 Å². The average molecular weight is 325 g/mol. The van der Waals surface area contributed by atoms with Crippen LogP contribution >= 0.6 is 23.2 Å². The van der Waals surface area contributed by atoms with Gasteiger partial charge in [0.1, 0.15) is 16.1 Å². The molecule has 0 saturated heterocycles. The molecule has 1 aromatic carbocycles. The molecular formula is C16H15Cl2FN2. The Kier molecular flexibility index (Phi) is 4.14. The number of rotatable bonds is 2. The summed E-state index contributed by atoms with van der Waals surface area (Å²) >= 11 is 12.6. The van der Waals surface area contributed by atoms with Gasteiger partial charge in [-0.15, -0.1) is 0 Å². The Morgan fingerprint density at radius 1 is 1.10 bits per heavy atom. The lowest BCUT2D eigenvalue weighted by atomic mass is 10.0. The van der Waals surface area contributed by atoms with Crippen molar-refractivity contribution in [2.75, 3.05) is 0 Å². The molecular weight excluding hydrogens is 310 g/mol. The van der Waals surface area contributed by atoms with E-state index in [-0.39, 0.29) is 5.82 Å². The van der Waals surface area contributed by atoms with Crippen LogP contribution in [0.5, 0.6) is 0 Å². The van der Waals surface area contributed by atoms with Crippen LogP contribution in [0.25, 0.3) is 11.4 Å². The Balaban J connectivity index is 2.03. The third-order valence-electron chi connectivity index (χ3n) is 4.05. The first-order valence-corrected chi connectivity index (χ1v) is 7.81. The second-order valence-electron chi connectivity index (χ2n) is 5.49. The van der Waals surface area contributed by atoms with Gasteiger partial charge in [-0.3, -0.25) is 0 Å². The highest BCUT2D eigenvalue weighted by Crippen LogP contribution is 2.40. The van der Waals surface area contributed by atoms with E-state index in [1.54, 1.807) is 19.1 Å². The van der Waals surface area contributed by atoms with Gasteiger partial charge in [-0.05, 0) is 37.3 Å². The van der Waals surface area contributed by atoms with E-state index in [9.17, 15) is 4.39 Å². The fourth-order valence-corrected chi connectivity index (χ4v) is 3.53. The summed E-state index contributed by atoms with van der Waals surface area (Å²) in [5.41, 5.74) is 2.01. The molecule has 1 heterocycles. The summed E-state index contributed by atoms with van der Waals surface area (Å²) in [6.07, 6.45) is 4.51. The number of benzene rings is 1. The van der Waals surface area contributed by atoms with Crippen LogP contribution < -0.4 is 0 Å². The van der Waals surface area contributed by atoms with Gasteiger partial charge in [0.15, 0.2) is 5.82 Å².